The molecular formula is C11H11ClN2O. The number of halogens is 1. The molecule has 0 spiro atoms. The summed E-state index contributed by atoms with van der Waals surface area (Å²) in [6.45, 7) is 0. The number of rotatable bonds is 1. The highest BCUT2D eigenvalue weighted by molar-refractivity contribution is 6.34. The smallest absolute Gasteiger partial charge is 0.158 e. The largest absolute Gasteiger partial charge is 0.385 e. The molecule has 1 aliphatic carbocycles. The van der Waals surface area contributed by atoms with Gasteiger partial charge in [-0.3, -0.25) is 4.68 Å². The number of hydrogen-bond donors (Lipinski definition) is 1. The summed E-state index contributed by atoms with van der Waals surface area (Å²) in [5.74, 6) is 0. The zero-order valence-electron chi connectivity index (χ0n) is 8.37. The third kappa shape index (κ3) is 1.27. The Balaban J connectivity index is 2.25. The van der Waals surface area contributed by atoms with Crippen molar-refractivity contribution >= 4 is 22.5 Å². The fourth-order valence-corrected chi connectivity index (χ4v) is 2.18. The van der Waals surface area contributed by atoms with Gasteiger partial charge < -0.3 is 5.11 Å². The second kappa shape index (κ2) is 2.74. The number of aliphatic hydroxyl groups is 1. The summed E-state index contributed by atoms with van der Waals surface area (Å²) in [6.07, 6.45) is 1.69. The molecule has 1 heterocycles. The van der Waals surface area contributed by atoms with E-state index in [9.17, 15) is 5.11 Å². The van der Waals surface area contributed by atoms with Gasteiger partial charge in [0.25, 0.3) is 0 Å². The quantitative estimate of drug-likeness (QED) is 0.804. The molecular weight excluding hydrogens is 212 g/mol. The summed E-state index contributed by atoms with van der Waals surface area (Å²) in [4.78, 5) is 0. The minimum atomic E-state index is -0.604. The molecule has 0 bridgehead atoms. The lowest BCUT2D eigenvalue weighted by Gasteiger charge is -2.07. The first kappa shape index (κ1) is 9.19. The van der Waals surface area contributed by atoms with Crippen LogP contribution in [0.1, 0.15) is 18.4 Å². The molecule has 4 heteroatoms. The number of fused-ring (bicyclic) bond motifs is 1. The molecule has 0 radical (unpaired) electrons. The first-order valence-electron chi connectivity index (χ1n) is 4.95. The van der Waals surface area contributed by atoms with E-state index in [1.807, 2.05) is 25.2 Å². The van der Waals surface area contributed by atoms with Crippen molar-refractivity contribution in [3.05, 3.63) is 28.9 Å². The van der Waals surface area contributed by atoms with Crippen molar-refractivity contribution in [1.82, 2.24) is 9.78 Å². The Bertz CT molecular complexity index is 543. The van der Waals surface area contributed by atoms with Crippen molar-refractivity contribution < 1.29 is 5.11 Å². The van der Waals surface area contributed by atoms with Crippen LogP contribution >= 0.6 is 11.6 Å². The van der Waals surface area contributed by atoms with Gasteiger partial charge in [0.15, 0.2) is 5.15 Å². The molecule has 1 aromatic carbocycles. The molecule has 1 N–H and O–H groups in total. The van der Waals surface area contributed by atoms with Crippen molar-refractivity contribution in [1.29, 1.82) is 0 Å². The zero-order valence-corrected chi connectivity index (χ0v) is 9.12. The summed E-state index contributed by atoms with van der Waals surface area (Å²) in [6, 6.07) is 5.85. The minimum Gasteiger partial charge on any atom is -0.385 e. The molecule has 78 valence electrons. The summed E-state index contributed by atoms with van der Waals surface area (Å²) in [7, 11) is 1.86. The average Bonchev–Trinajstić information content (AvgIpc) is 2.90. The Labute approximate surface area is 92.3 Å². The Morgan fingerprint density at radius 1 is 1.47 bits per heavy atom. The molecule has 1 aliphatic rings. The van der Waals surface area contributed by atoms with Gasteiger partial charge in [-0.2, -0.15) is 5.10 Å². The van der Waals surface area contributed by atoms with E-state index in [1.54, 1.807) is 4.68 Å². The molecule has 0 atom stereocenters. The van der Waals surface area contributed by atoms with E-state index in [-0.39, 0.29) is 0 Å². The number of nitrogens with zero attached hydrogens (tertiary/aromatic N) is 2. The predicted octanol–water partition coefficient (Wildman–Crippen LogP) is 2.21. The van der Waals surface area contributed by atoms with Gasteiger partial charge in [-0.25, -0.2) is 0 Å². The maximum atomic E-state index is 9.99. The van der Waals surface area contributed by atoms with Gasteiger partial charge in [-0.15, -0.1) is 0 Å². The molecule has 0 amide bonds. The van der Waals surface area contributed by atoms with E-state index in [1.165, 1.54) is 0 Å². The summed E-state index contributed by atoms with van der Waals surface area (Å²) < 4.78 is 1.75. The van der Waals surface area contributed by atoms with Gasteiger partial charge >= 0.3 is 0 Å². The molecule has 1 aromatic heterocycles. The number of benzene rings is 1. The normalized spacial score (nSPS) is 18.3. The SMILES string of the molecule is Cn1nc(Cl)c2cc(C3(O)CC3)ccc21. The summed E-state index contributed by atoms with van der Waals surface area (Å²) in [5.41, 5.74) is 1.34. The second-order valence-electron chi connectivity index (χ2n) is 4.18. The molecule has 1 fully saturated rings. The lowest BCUT2D eigenvalue weighted by molar-refractivity contribution is 0.151. The van der Waals surface area contributed by atoms with Crippen LogP contribution in [0.4, 0.5) is 0 Å². The van der Waals surface area contributed by atoms with E-state index >= 15 is 0 Å². The lowest BCUT2D eigenvalue weighted by atomic mass is 10.1. The molecule has 0 saturated heterocycles. The molecule has 1 saturated carbocycles. The van der Waals surface area contributed by atoms with E-state index in [4.69, 9.17) is 11.6 Å². The number of aryl methyl sites for hydroxylation is 1. The Kier molecular flexibility index (Phi) is 1.68. The zero-order chi connectivity index (χ0) is 10.6. The maximum Gasteiger partial charge on any atom is 0.158 e. The summed E-state index contributed by atoms with van der Waals surface area (Å²) >= 11 is 6.01. The van der Waals surface area contributed by atoms with Crippen LogP contribution in [0.15, 0.2) is 18.2 Å². The fourth-order valence-electron chi connectivity index (χ4n) is 1.92. The molecule has 2 aromatic rings. The fraction of sp³-hybridized carbons (Fsp3) is 0.364. The Morgan fingerprint density at radius 2 is 2.20 bits per heavy atom. The number of aromatic nitrogens is 2. The van der Waals surface area contributed by atoms with Crippen LogP contribution in [-0.2, 0) is 12.6 Å². The van der Waals surface area contributed by atoms with Gasteiger partial charge in [0.2, 0.25) is 0 Å². The van der Waals surface area contributed by atoms with Crippen LogP contribution in [-0.4, -0.2) is 14.9 Å². The van der Waals surface area contributed by atoms with E-state index in [2.05, 4.69) is 5.10 Å². The molecule has 3 nitrogen and oxygen atoms in total. The van der Waals surface area contributed by atoms with Gasteiger partial charge in [0.05, 0.1) is 11.1 Å². The van der Waals surface area contributed by atoms with Gasteiger partial charge in [0, 0.05) is 12.4 Å². The van der Waals surface area contributed by atoms with Crippen LogP contribution in [0, 0.1) is 0 Å². The lowest BCUT2D eigenvalue weighted by Crippen LogP contribution is -2.03. The molecule has 15 heavy (non-hydrogen) atoms. The molecule has 0 aliphatic heterocycles. The first-order valence-corrected chi connectivity index (χ1v) is 5.33. The number of hydrogen-bond acceptors (Lipinski definition) is 2. The Morgan fingerprint density at radius 3 is 2.87 bits per heavy atom. The predicted molar refractivity (Wildman–Crippen MR) is 58.9 cm³/mol. The van der Waals surface area contributed by atoms with Gasteiger partial charge in [-0.05, 0) is 30.5 Å². The van der Waals surface area contributed by atoms with Crippen molar-refractivity contribution in [2.24, 2.45) is 7.05 Å². The highest BCUT2D eigenvalue weighted by atomic mass is 35.5. The highest BCUT2D eigenvalue weighted by Crippen LogP contribution is 2.46. The van der Waals surface area contributed by atoms with E-state index < -0.39 is 5.60 Å². The van der Waals surface area contributed by atoms with Crippen molar-refractivity contribution in [2.45, 2.75) is 18.4 Å². The van der Waals surface area contributed by atoms with Crippen LogP contribution in [0.2, 0.25) is 5.15 Å². The van der Waals surface area contributed by atoms with Crippen molar-refractivity contribution in [3.63, 3.8) is 0 Å². The molecule has 0 unspecified atom stereocenters. The Hall–Kier alpha value is -1.06. The van der Waals surface area contributed by atoms with E-state index in [0.717, 1.165) is 29.3 Å². The van der Waals surface area contributed by atoms with Crippen LogP contribution < -0.4 is 0 Å². The van der Waals surface area contributed by atoms with Gasteiger partial charge in [-0.1, -0.05) is 17.7 Å². The first-order chi connectivity index (χ1) is 7.10. The van der Waals surface area contributed by atoms with E-state index in [0.29, 0.717) is 5.15 Å². The highest BCUT2D eigenvalue weighted by Gasteiger charge is 2.42. The van der Waals surface area contributed by atoms with Crippen LogP contribution in [0.3, 0.4) is 0 Å². The van der Waals surface area contributed by atoms with Gasteiger partial charge in [0.1, 0.15) is 0 Å². The third-order valence-corrected chi connectivity index (χ3v) is 3.35. The monoisotopic (exact) mass is 222 g/mol. The molecule has 3 rings (SSSR count). The topological polar surface area (TPSA) is 38.0 Å². The van der Waals surface area contributed by atoms with Crippen LogP contribution in [0.25, 0.3) is 10.9 Å². The third-order valence-electron chi connectivity index (χ3n) is 3.07. The van der Waals surface area contributed by atoms with Crippen LogP contribution in [0.5, 0.6) is 0 Å². The second-order valence-corrected chi connectivity index (χ2v) is 4.54. The van der Waals surface area contributed by atoms with Crippen molar-refractivity contribution in [2.75, 3.05) is 0 Å². The van der Waals surface area contributed by atoms with Crippen molar-refractivity contribution in [3.8, 4) is 0 Å². The standard InChI is InChI=1S/C11H11ClN2O/c1-14-9-3-2-7(11(15)4-5-11)6-8(9)10(12)13-14/h2-3,6,15H,4-5H2,1H3. The summed E-state index contributed by atoms with van der Waals surface area (Å²) in [5, 5.41) is 15.5. The maximum absolute atomic E-state index is 9.99. The minimum absolute atomic E-state index is 0.499. The average molecular weight is 223 g/mol.